The summed E-state index contributed by atoms with van der Waals surface area (Å²) >= 11 is 0. The zero-order valence-electron chi connectivity index (χ0n) is 14.7. The molecule has 0 N–H and O–H groups in total. The fourth-order valence-electron chi connectivity index (χ4n) is 3.34. The van der Waals surface area contributed by atoms with Crippen LogP contribution in [0.3, 0.4) is 0 Å². The number of carbonyl (C=O) groups excluding carboxylic acids is 1. The number of aromatic nitrogens is 4. The maximum Gasteiger partial charge on any atom is 0.255 e. The molecule has 0 bridgehead atoms. The summed E-state index contributed by atoms with van der Waals surface area (Å²) in [7, 11) is 0. The third kappa shape index (κ3) is 3.43. The minimum Gasteiger partial charge on any atom is -0.379 e. The largest absolute Gasteiger partial charge is 0.379 e. The summed E-state index contributed by atoms with van der Waals surface area (Å²) in [6.07, 6.45) is 9.89. The maximum atomic E-state index is 12.9. The molecule has 3 aromatic heterocycles. The molecule has 7 heteroatoms. The van der Waals surface area contributed by atoms with E-state index in [0.717, 1.165) is 23.5 Å². The summed E-state index contributed by atoms with van der Waals surface area (Å²) in [5, 5.41) is 0. The third-order valence-electron chi connectivity index (χ3n) is 4.69. The predicted molar refractivity (Wildman–Crippen MR) is 95.9 cm³/mol. The van der Waals surface area contributed by atoms with Crippen LogP contribution in [0.1, 0.15) is 21.7 Å². The molecule has 7 nitrogen and oxygen atoms in total. The van der Waals surface area contributed by atoms with Crippen molar-refractivity contribution in [3.63, 3.8) is 0 Å². The molecule has 1 amide bonds. The lowest BCUT2D eigenvalue weighted by molar-refractivity contribution is 0.0736. The van der Waals surface area contributed by atoms with Crippen LogP contribution in [0.5, 0.6) is 0 Å². The Balaban J connectivity index is 1.50. The number of hydrogen-bond acceptors (Lipinski definition) is 5. The van der Waals surface area contributed by atoms with Gasteiger partial charge in [0, 0.05) is 49.5 Å². The average Bonchev–Trinajstić information content (AvgIpc) is 2.99. The molecular weight excluding hydrogens is 330 g/mol. The normalized spacial score (nSPS) is 18.0. The molecule has 0 spiro atoms. The Morgan fingerprint density at radius 3 is 3.12 bits per heavy atom. The zero-order valence-corrected chi connectivity index (χ0v) is 14.7. The van der Waals surface area contributed by atoms with Gasteiger partial charge >= 0.3 is 0 Å². The van der Waals surface area contributed by atoms with Crippen molar-refractivity contribution < 1.29 is 9.53 Å². The van der Waals surface area contributed by atoms with Gasteiger partial charge in [0.25, 0.3) is 5.91 Å². The van der Waals surface area contributed by atoms with Gasteiger partial charge in [-0.3, -0.25) is 14.8 Å². The summed E-state index contributed by atoms with van der Waals surface area (Å²) in [5.41, 5.74) is 3.21. The van der Waals surface area contributed by atoms with E-state index < -0.39 is 0 Å². The first-order chi connectivity index (χ1) is 12.7. The van der Waals surface area contributed by atoms with E-state index in [-0.39, 0.29) is 11.8 Å². The highest BCUT2D eigenvalue weighted by atomic mass is 16.5. The number of pyridine rings is 1. The van der Waals surface area contributed by atoms with Gasteiger partial charge in [-0.1, -0.05) is 0 Å². The molecule has 0 radical (unpaired) electrons. The molecule has 1 atom stereocenters. The van der Waals surface area contributed by atoms with Crippen molar-refractivity contribution in [2.75, 3.05) is 26.3 Å². The van der Waals surface area contributed by atoms with E-state index in [4.69, 9.17) is 4.74 Å². The first kappa shape index (κ1) is 16.7. The minimum atomic E-state index is 0.0177. The smallest absolute Gasteiger partial charge is 0.255 e. The van der Waals surface area contributed by atoms with Crippen molar-refractivity contribution in [3.8, 4) is 0 Å². The van der Waals surface area contributed by atoms with Crippen molar-refractivity contribution in [2.24, 2.45) is 5.92 Å². The molecule has 1 saturated heterocycles. The van der Waals surface area contributed by atoms with E-state index in [0.29, 0.717) is 31.9 Å². The van der Waals surface area contributed by atoms with Crippen molar-refractivity contribution in [1.82, 2.24) is 24.3 Å². The quantitative estimate of drug-likeness (QED) is 0.719. The molecule has 1 aliphatic rings. The minimum absolute atomic E-state index is 0.0177. The van der Waals surface area contributed by atoms with Crippen LogP contribution in [0.2, 0.25) is 0 Å². The molecule has 134 valence electrons. The molecule has 26 heavy (non-hydrogen) atoms. The van der Waals surface area contributed by atoms with Crippen LogP contribution in [0.4, 0.5) is 0 Å². The zero-order chi connectivity index (χ0) is 17.9. The Kier molecular flexibility index (Phi) is 4.62. The van der Waals surface area contributed by atoms with Crippen LogP contribution in [0.25, 0.3) is 5.65 Å². The maximum absolute atomic E-state index is 12.9. The van der Waals surface area contributed by atoms with Crippen LogP contribution in [-0.4, -0.2) is 56.5 Å². The standard InChI is InChI=1S/C19H21N5O2/c1-14-17(3-2-4-20-14)19(25)24-7-8-26-13-15(11-24)9-16-12-23-6-5-21-18(23)10-22-16/h2-6,10,12,15H,7-9,11,13H2,1H3/t15-/m0/s1. The van der Waals surface area contributed by atoms with Gasteiger partial charge in [-0.15, -0.1) is 0 Å². The van der Waals surface area contributed by atoms with E-state index in [1.807, 2.05) is 34.7 Å². The van der Waals surface area contributed by atoms with E-state index in [9.17, 15) is 4.79 Å². The molecular formula is C19H21N5O2. The van der Waals surface area contributed by atoms with Gasteiger partial charge in [0.1, 0.15) is 0 Å². The topological polar surface area (TPSA) is 72.6 Å². The fourth-order valence-corrected chi connectivity index (χ4v) is 3.34. The SMILES string of the molecule is Cc1ncccc1C(=O)N1CCOC[C@@H](Cc2cn3ccnc3cn2)C1. The van der Waals surface area contributed by atoms with Gasteiger partial charge < -0.3 is 14.0 Å². The van der Waals surface area contributed by atoms with Crippen LogP contribution in [-0.2, 0) is 11.2 Å². The number of carbonyl (C=O) groups is 1. The van der Waals surface area contributed by atoms with Crippen molar-refractivity contribution in [2.45, 2.75) is 13.3 Å². The Labute approximate surface area is 151 Å². The Morgan fingerprint density at radius 1 is 1.31 bits per heavy atom. The number of rotatable bonds is 3. The van der Waals surface area contributed by atoms with Gasteiger partial charge in [-0.05, 0) is 25.5 Å². The van der Waals surface area contributed by atoms with Gasteiger partial charge in [0.2, 0.25) is 0 Å². The Bertz CT molecular complexity index is 923. The summed E-state index contributed by atoms with van der Waals surface area (Å²) < 4.78 is 7.70. The second kappa shape index (κ2) is 7.21. The molecule has 4 rings (SSSR count). The van der Waals surface area contributed by atoms with Crippen LogP contribution >= 0.6 is 0 Å². The molecule has 1 fully saturated rings. The van der Waals surface area contributed by atoms with Crippen LogP contribution in [0, 0.1) is 12.8 Å². The number of fused-ring (bicyclic) bond motifs is 1. The molecule has 1 aliphatic heterocycles. The number of aryl methyl sites for hydroxylation is 1. The van der Waals surface area contributed by atoms with Crippen LogP contribution < -0.4 is 0 Å². The van der Waals surface area contributed by atoms with Crippen molar-refractivity contribution in [3.05, 3.63) is 60.1 Å². The van der Waals surface area contributed by atoms with Crippen LogP contribution in [0.15, 0.2) is 43.1 Å². The lowest BCUT2D eigenvalue weighted by Crippen LogP contribution is -2.37. The lowest BCUT2D eigenvalue weighted by Gasteiger charge is -2.24. The predicted octanol–water partition coefficient (Wildman–Crippen LogP) is 1.76. The van der Waals surface area contributed by atoms with E-state index in [2.05, 4.69) is 15.0 Å². The number of hydrogen-bond donors (Lipinski definition) is 0. The summed E-state index contributed by atoms with van der Waals surface area (Å²) in [6.45, 7) is 4.28. The van der Waals surface area contributed by atoms with E-state index in [1.165, 1.54) is 0 Å². The van der Waals surface area contributed by atoms with E-state index >= 15 is 0 Å². The van der Waals surface area contributed by atoms with Crippen molar-refractivity contribution >= 4 is 11.6 Å². The molecule has 3 aromatic rings. The molecule has 4 heterocycles. The molecule has 0 unspecified atom stereocenters. The highest BCUT2D eigenvalue weighted by Gasteiger charge is 2.25. The Morgan fingerprint density at radius 2 is 2.23 bits per heavy atom. The Hall–Kier alpha value is -2.80. The van der Waals surface area contributed by atoms with Gasteiger partial charge in [0.05, 0.1) is 30.7 Å². The average molecular weight is 351 g/mol. The third-order valence-corrected chi connectivity index (χ3v) is 4.69. The van der Waals surface area contributed by atoms with E-state index in [1.54, 1.807) is 24.7 Å². The molecule has 0 saturated carbocycles. The number of amides is 1. The summed E-state index contributed by atoms with van der Waals surface area (Å²) in [5.74, 6) is 0.219. The first-order valence-electron chi connectivity index (χ1n) is 8.77. The summed E-state index contributed by atoms with van der Waals surface area (Å²) in [4.78, 5) is 27.7. The second-order valence-corrected chi connectivity index (χ2v) is 6.60. The monoisotopic (exact) mass is 351 g/mol. The number of ether oxygens (including phenoxy) is 1. The lowest BCUT2D eigenvalue weighted by atomic mass is 10.0. The fraction of sp³-hybridized carbons (Fsp3) is 0.368. The van der Waals surface area contributed by atoms with Gasteiger partial charge in [-0.2, -0.15) is 0 Å². The highest BCUT2D eigenvalue weighted by molar-refractivity contribution is 5.95. The highest BCUT2D eigenvalue weighted by Crippen LogP contribution is 2.16. The molecule has 0 aromatic carbocycles. The van der Waals surface area contributed by atoms with Gasteiger partial charge in [-0.25, -0.2) is 4.98 Å². The van der Waals surface area contributed by atoms with Crippen molar-refractivity contribution in [1.29, 1.82) is 0 Å². The summed E-state index contributed by atoms with van der Waals surface area (Å²) in [6, 6.07) is 3.64. The number of nitrogens with zero attached hydrogens (tertiary/aromatic N) is 5. The second-order valence-electron chi connectivity index (χ2n) is 6.60. The first-order valence-corrected chi connectivity index (χ1v) is 8.77. The van der Waals surface area contributed by atoms with Gasteiger partial charge in [0.15, 0.2) is 5.65 Å². The molecule has 0 aliphatic carbocycles. The number of imidazole rings is 1.